The lowest BCUT2D eigenvalue weighted by Gasteiger charge is -2.44. The van der Waals surface area contributed by atoms with Crippen molar-refractivity contribution in [1.29, 1.82) is 0 Å². The van der Waals surface area contributed by atoms with Crippen molar-refractivity contribution >= 4 is 25.1 Å². The molecule has 1 aromatic heterocycles. The summed E-state index contributed by atoms with van der Waals surface area (Å²) >= 11 is 0. The molecule has 4 aromatic rings. The highest BCUT2D eigenvalue weighted by Crippen LogP contribution is 2.48. The molecule has 5 atom stereocenters. The quantitative estimate of drug-likeness (QED) is 0.223. The molecule has 0 spiro atoms. The van der Waals surface area contributed by atoms with Crippen LogP contribution in [0.5, 0.6) is 5.75 Å². The van der Waals surface area contributed by atoms with Crippen LogP contribution in [0.2, 0.25) is 18.6 Å². The van der Waals surface area contributed by atoms with Crippen LogP contribution in [0.3, 0.4) is 0 Å². The number of carbonyl (C=O) groups is 1. The van der Waals surface area contributed by atoms with Crippen LogP contribution in [0.25, 0.3) is 16.5 Å². The zero-order valence-corrected chi connectivity index (χ0v) is 26.4. The van der Waals surface area contributed by atoms with E-state index in [4.69, 9.17) is 9.47 Å². The summed E-state index contributed by atoms with van der Waals surface area (Å²) in [5, 5.41) is 15.9. The van der Waals surface area contributed by atoms with Gasteiger partial charge in [-0.25, -0.2) is 0 Å². The standard InChI is InChI=1S/C34H38FN3O5Si/c1-21-32(42-2)28-16-25(38-34(41)27-12-8-7-10-23(27)18-36-38)13-14-29(28)43-33(21)30(44(3,4)35)17-31(40)37-19-24-11-6-5-9-22(24)15-26(37)20-39/h5-14,16,18,21,26,30,32-33,39H,15,17,19-20H2,1-4H3/t21-,26+,30?,32-,33-/m1/s1. The third kappa shape index (κ3) is 5.46. The third-order valence-electron chi connectivity index (χ3n) is 9.31. The smallest absolute Gasteiger partial charge is 0.279 e. The summed E-state index contributed by atoms with van der Waals surface area (Å²) in [6, 6.07) is 20.3. The van der Waals surface area contributed by atoms with Crippen molar-refractivity contribution in [2.24, 2.45) is 5.92 Å². The normalized spacial score (nSPS) is 22.2. The van der Waals surface area contributed by atoms with Crippen LogP contribution in [0.4, 0.5) is 4.11 Å². The minimum atomic E-state index is -3.45. The number of rotatable bonds is 7. The van der Waals surface area contributed by atoms with E-state index in [-0.39, 0.29) is 36.5 Å². The minimum Gasteiger partial charge on any atom is -0.490 e. The number of nitrogens with zero attached hydrogens (tertiary/aromatic N) is 3. The maximum Gasteiger partial charge on any atom is 0.279 e. The van der Waals surface area contributed by atoms with E-state index in [0.29, 0.717) is 29.8 Å². The van der Waals surface area contributed by atoms with Gasteiger partial charge in [-0.05, 0) is 54.9 Å². The third-order valence-corrected chi connectivity index (χ3v) is 11.6. The number of aromatic nitrogens is 2. The maximum absolute atomic E-state index is 16.2. The first-order valence-electron chi connectivity index (χ1n) is 15.1. The molecule has 230 valence electrons. The van der Waals surface area contributed by atoms with E-state index in [9.17, 15) is 14.7 Å². The number of halogens is 1. The van der Waals surface area contributed by atoms with Crippen molar-refractivity contribution in [3.05, 3.63) is 100.0 Å². The van der Waals surface area contributed by atoms with E-state index in [1.54, 1.807) is 49.5 Å². The summed E-state index contributed by atoms with van der Waals surface area (Å²) < 4.78 is 30.1. The number of aliphatic hydroxyl groups is 1. The van der Waals surface area contributed by atoms with Gasteiger partial charge in [-0.2, -0.15) is 9.78 Å². The highest BCUT2D eigenvalue weighted by molar-refractivity contribution is 6.72. The lowest BCUT2D eigenvalue weighted by atomic mass is 9.86. The highest BCUT2D eigenvalue weighted by atomic mass is 28.4. The van der Waals surface area contributed by atoms with Crippen LogP contribution in [-0.2, 0) is 22.5 Å². The number of ether oxygens (including phenoxy) is 2. The molecule has 0 saturated carbocycles. The van der Waals surface area contributed by atoms with E-state index >= 15 is 4.11 Å². The van der Waals surface area contributed by atoms with Gasteiger partial charge in [-0.3, -0.25) is 9.59 Å². The van der Waals surface area contributed by atoms with Crippen LogP contribution in [0.15, 0.2) is 77.7 Å². The Bertz CT molecular complexity index is 1760. The van der Waals surface area contributed by atoms with Gasteiger partial charge in [-0.1, -0.05) is 49.4 Å². The second-order valence-electron chi connectivity index (χ2n) is 12.5. The second-order valence-corrected chi connectivity index (χ2v) is 16.3. The molecule has 2 aliphatic rings. The van der Waals surface area contributed by atoms with Gasteiger partial charge in [0.25, 0.3) is 5.56 Å². The fourth-order valence-corrected chi connectivity index (χ4v) is 8.68. The van der Waals surface area contributed by atoms with E-state index < -0.39 is 26.2 Å². The molecule has 8 nitrogen and oxygen atoms in total. The van der Waals surface area contributed by atoms with Gasteiger partial charge in [0.15, 0.2) is 0 Å². The molecule has 3 aromatic carbocycles. The van der Waals surface area contributed by atoms with Gasteiger partial charge in [0.2, 0.25) is 14.3 Å². The fourth-order valence-electron chi connectivity index (χ4n) is 6.87. The average molecular weight is 616 g/mol. The van der Waals surface area contributed by atoms with Gasteiger partial charge < -0.3 is 23.6 Å². The molecule has 0 aliphatic carbocycles. The Hall–Kier alpha value is -3.86. The van der Waals surface area contributed by atoms with Crippen molar-refractivity contribution in [3.8, 4) is 11.4 Å². The number of benzene rings is 3. The first kappa shape index (κ1) is 30.2. The lowest BCUT2D eigenvalue weighted by Crippen LogP contribution is -2.50. The van der Waals surface area contributed by atoms with Crippen LogP contribution < -0.4 is 10.3 Å². The highest BCUT2D eigenvalue weighted by Gasteiger charge is 2.49. The molecule has 10 heteroatoms. The molecule has 0 fully saturated rings. The summed E-state index contributed by atoms with van der Waals surface area (Å²) in [4.78, 5) is 28.8. The summed E-state index contributed by atoms with van der Waals surface area (Å²) in [6.45, 7) is 5.42. The zero-order valence-electron chi connectivity index (χ0n) is 25.4. The van der Waals surface area contributed by atoms with E-state index in [2.05, 4.69) is 5.10 Å². The van der Waals surface area contributed by atoms with Gasteiger partial charge in [0.05, 0.1) is 36.0 Å². The number of hydrogen-bond donors (Lipinski definition) is 1. The number of aliphatic hydroxyl groups excluding tert-OH is 1. The average Bonchev–Trinajstić information content (AvgIpc) is 3.02. The summed E-state index contributed by atoms with van der Waals surface area (Å²) in [6.07, 6.45) is 1.13. The monoisotopic (exact) mass is 615 g/mol. The van der Waals surface area contributed by atoms with Crippen molar-refractivity contribution in [3.63, 3.8) is 0 Å². The Kier molecular flexibility index (Phi) is 8.17. The predicted molar refractivity (Wildman–Crippen MR) is 169 cm³/mol. The Morgan fingerprint density at radius 3 is 2.59 bits per heavy atom. The largest absolute Gasteiger partial charge is 0.490 e. The molecule has 3 heterocycles. The summed E-state index contributed by atoms with van der Waals surface area (Å²) in [5.41, 5.74) is 2.60. The fraction of sp³-hybridized carbons (Fsp3) is 0.382. The van der Waals surface area contributed by atoms with Gasteiger partial charge in [0, 0.05) is 42.5 Å². The first-order chi connectivity index (χ1) is 21.1. The number of methoxy groups -OCH3 is 1. The number of amides is 1. The van der Waals surface area contributed by atoms with Crippen LogP contribution in [0, 0.1) is 5.92 Å². The molecular weight excluding hydrogens is 577 g/mol. The van der Waals surface area contributed by atoms with Crippen LogP contribution in [-0.4, -0.2) is 60.0 Å². The summed E-state index contributed by atoms with van der Waals surface area (Å²) in [5.74, 6) is 0.0582. The van der Waals surface area contributed by atoms with Crippen molar-refractivity contribution < 1.29 is 23.5 Å². The SMILES string of the molecule is CO[C@H]1c2cc(-n3ncc4ccccc4c3=O)ccc2O[C@@H](C(CC(=O)N2Cc3ccccc3C[C@H]2CO)[Si](C)(C)F)[C@@H]1C. The molecule has 44 heavy (non-hydrogen) atoms. The van der Waals surface area contributed by atoms with Crippen LogP contribution in [0.1, 0.15) is 36.1 Å². The van der Waals surface area contributed by atoms with E-state index in [1.165, 1.54) is 4.68 Å². The number of carbonyl (C=O) groups excluding carboxylic acids is 1. The maximum atomic E-state index is 16.2. The van der Waals surface area contributed by atoms with Crippen molar-refractivity contribution in [2.45, 2.75) is 63.2 Å². The molecule has 1 amide bonds. The van der Waals surface area contributed by atoms with Crippen LogP contribution >= 0.6 is 0 Å². The molecule has 2 aliphatic heterocycles. The van der Waals surface area contributed by atoms with Crippen molar-refractivity contribution in [1.82, 2.24) is 14.7 Å². The Morgan fingerprint density at radius 2 is 1.86 bits per heavy atom. The Labute approximate surface area is 257 Å². The molecule has 1 unspecified atom stereocenters. The molecule has 0 saturated heterocycles. The number of hydrogen-bond acceptors (Lipinski definition) is 6. The predicted octanol–water partition coefficient (Wildman–Crippen LogP) is 5.35. The molecule has 0 bridgehead atoms. The zero-order chi connectivity index (χ0) is 31.2. The minimum absolute atomic E-state index is 0.0242. The van der Waals surface area contributed by atoms with Crippen molar-refractivity contribution in [2.75, 3.05) is 13.7 Å². The molecular formula is C34H38FN3O5Si. The number of fused-ring (bicyclic) bond motifs is 3. The second kappa shape index (κ2) is 11.9. The van der Waals surface area contributed by atoms with Gasteiger partial charge in [-0.15, -0.1) is 0 Å². The van der Waals surface area contributed by atoms with Gasteiger partial charge >= 0.3 is 0 Å². The summed E-state index contributed by atoms with van der Waals surface area (Å²) in [7, 11) is -1.85. The lowest BCUT2D eigenvalue weighted by molar-refractivity contribution is -0.136. The van der Waals surface area contributed by atoms with E-state index in [0.717, 1.165) is 22.1 Å². The molecule has 1 N–H and O–H groups in total. The topological polar surface area (TPSA) is 93.9 Å². The van der Waals surface area contributed by atoms with Gasteiger partial charge in [0.1, 0.15) is 11.9 Å². The molecule has 0 radical (unpaired) electrons. The first-order valence-corrected chi connectivity index (χ1v) is 18.0. The van der Waals surface area contributed by atoms with E-state index in [1.807, 2.05) is 55.5 Å². The molecule has 6 rings (SSSR count). The Balaban J connectivity index is 1.30. The Morgan fingerprint density at radius 1 is 1.14 bits per heavy atom.